The molecule has 0 amide bonds. The molecule has 8 heteroatoms. The van der Waals surface area contributed by atoms with Gasteiger partial charge >= 0.3 is 0 Å². The first-order chi connectivity index (χ1) is 16.7. The Bertz CT molecular complexity index is 1460. The number of likely N-dealkylation sites (N-methyl/N-ethyl adjacent to an activating group) is 1. The SMILES string of the molecule is C[C@@H]1CN(c2ccc(-c3cc(-c4ccc5c(=O)[nH]cc(F)c5c4)c(N)nc3F)cc2)C[C@H](C)N1C. The van der Waals surface area contributed by atoms with Gasteiger partial charge in [0.1, 0.15) is 11.6 Å². The molecule has 35 heavy (non-hydrogen) atoms. The molecule has 4 aromatic rings. The van der Waals surface area contributed by atoms with Crippen molar-refractivity contribution in [1.82, 2.24) is 14.9 Å². The van der Waals surface area contributed by atoms with Crippen molar-refractivity contribution in [3.63, 3.8) is 0 Å². The quantitative estimate of drug-likeness (QED) is 0.422. The summed E-state index contributed by atoms with van der Waals surface area (Å²) in [5.41, 5.74) is 8.72. The summed E-state index contributed by atoms with van der Waals surface area (Å²) >= 11 is 0. The Morgan fingerprint density at radius 2 is 1.60 bits per heavy atom. The maximum absolute atomic E-state index is 14.9. The predicted molar refractivity (Wildman–Crippen MR) is 136 cm³/mol. The van der Waals surface area contributed by atoms with E-state index in [9.17, 15) is 13.6 Å². The second-order valence-electron chi connectivity index (χ2n) is 9.30. The van der Waals surface area contributed by atoms with E-state index in [-0.39, 0.29) is 22.1 Å². The maximum Gasteiger partial charge on any atom is 0.256 e. The van der Waals surface area contributed by atoms with Crippen LogP contribution in [0, 0.1) is 11.8 Å². The number of hydrogen-bond donors (Lipinski definition) is 2. The molecule has 0 saturated carbocycles. The molecular formula is C27H27F2N5O. The topological polar surface area (TPSA) is 78.2 Å². The lowest BCUT2D eigenvalue weighted by molar-refractivity contribution is 0.170. The summed E-state index contributed by atoms with van der Waals surface area (Å²) in [6.45, 7) is 6.26. The number of nitrogens with one attached hydrogen (secondary N) is 1. The summed E-state index contributed by atoms with van der Waals surface area (Å²) < 4.78 is 29.2. The molecule has 1 aliphatic rings. The highest BCUT2D eigenvalue weighted by atomic mass is 19.1. The number of fused-ring (bicyclic) bond motifs is 1. The van der Waals surface area contributed by atoms with Gasteiger partial charge in [0.25, 0.3) is 5.56 Å². The van der Waals surface area contributed by atoms with E-state index < -0.39 is 11.8 Å². The van der Waals surface area contributed by atoms with Crippen molar-refractivity contribution in [3.05, 3.63) is 76.8 Å². The van der Waals surface area contributed by atoms with Crippen LogP contribution in [0.5, 0.6) is 0 Å². The molecule has 0 radical (unpaired) electrons. The minimum Gasteiger partial charge on any atom is -0.383 e. The van der Waals surface area contributed by atoms with E-state index in [0.29, 0.717) is 34.3 Å². The molecule has 3 N–H and O–H groups in total. The van der Waals surface area contributed by atoms with Gasteiger partial charge in [-0.05, 0) is 62.4 Å². The number of nitrogens with zero attached hydrogens (tertiary/aromatic N) is 3. The number of benzene rings is 2. The Morgan fingerprint density at radius 1 is 0.943 bits per heavy atom. The molecule has 5 rings (SSSR count). The second-order valence-corrected chi connectivity index (χ2v) is 9.30. The van der Waals surface area contributed by atoms with E-state index in [1.807, 2.05) is 24.3 Å². The number of halogens is 2. The number of aromatic amines is 1. The third-order valence-electron chi connectivity index (χ3n) is 7.07. The average Bonchev–Trinajstić information content (AvgIpc) is 2.84. The van der Waals surface area contributed by atoms with Crippen LogP contribution < -0.4 is 16.2 Å². The molecule has 1 saturated heterocycles. The van der Waals surface area contributed by atoms with E-state index in [1.54, 1.807) is 12.1 Å². The summed E-state index contributed by atoms with van der Waals surface area (Å²) in [6.07, 6.45) is 1.02. The largest absolute Gasteiger partial charge is 0.383 e. The number of nitrogens with two attached hydrogens (primary N) is 1. The summed E-state index contributed by atoms with van der Waals surface area (Å²) in [4.78, 5) is 23.0. The van der Waals surface area contributed by atoms with Crippen molar-refractivity contribution in [2.75, 3.05) is 30.8 Å². The zero-order chi connectivity index (χ0) is 24.9. The number of pyridine rings is 2. The van der Waals surface area contributed by atoms with Crippen LogP contribution in [0.25, 0.3) is 33.0 Å². The summed E-state index contributed by atoms with van der Waals surface area (Å²) in [5.74, 6) is -1.24. The van der Waals surface area contributed by atoms with Gasteiger partial charge in [-0.3, -0.25) is 9.69 Å². The third-order valence-corrected chi connectivity index (χ3v) is 7.07. The molecule has 1 aliphatic heterocycles. The summed E-state index contributed by atoms with van der Waals surface area (Å²) in [6, 6.07) is 15.0. The molecule has 6 nitrogen and oxygen atoms in total. The first-order valence-corrected chi connectivity index (χ1v) is 11.6. The van der Waals surface area contributed by atoms with Crippen molar-refractivity contribution in [3.8, 4) is 22.3 Å². The van der Waals surface area contributed by atoms with Gasteiger partial charge in [-0.2, -0.15) is 4.39 Å². The molecule has 0 aliphatic carbocycles. The van der Waals surface area contributed by atoms with Crippen LogP contribution in [0.2, 0.25) is 0 Å². The van der Waals surface area contributed by atoms with E-state index in [1.165, 1.54) is 12.1 Å². The Balaban J connectivity index is 1.51. The maximum atomic E-state index is 14.9. The number of nitrogen functional groups attached to an aromatic ring is 1. The fourth-order valence-corrected chi connectivity index (χ4v) is 4.80. The number of anilines is 2. The Morgan fingerprint density at radius 3 is 2.29 bits per heavy atom. The molecule has 3 heterocycles. The minimum absolute atomic E-state index is 0.00659. The highest BCUT2D eigenvalue weighted by Crippen LogP contribution is 2.34. The Hall–Kier alpha value is -3.78. The van der Waals surface area contributed by atoms with Gasteiger partial charge in [-0.1, -0.05) is 18.2 Å². The van der Waals surface area contributed by atoms with Crippen molar-refractivity contribution < 1.29 is 8.78 Å². The van der Waals surface area contributed by atoms with Gasteiger partial charge in [0, 0.05) is 59.0 Å². The van der Waals surface area contributed by atoms with Crippen molar-refractivity contribution in [2.45, 2.75) is 25.9 Å². The van der Waals surface area contributed by atoms with Gasteiger partial charge in [0.05, 0.1) is 0 Å². The van der Waals surface area contributed by atoms with Gasteiger partial charge in [0.15, 0.2) is 0 Å². The molecule has 0 spiro atoms. The minimum atomic E-state index is -0.677. The second kappa shape index (κ2) is 8.78. The van der Waals surface area contributed by atoms with Crippen LogP contribution in [0.3, 0.4) is 0 Å². The van der Waals surface area contributed by atoms with E-state index >= 15 is 0 Å². The van der Waals surface area contributed by atoms with Crippen molar-refractivity contribution in [2.24, 2.45) is 0 Å². The zero-order valence-corrected chi connectivity index (χ0v) is 19.8. The smallest absolute Gasteiger partial charge is 0.256 e. The molecule has 1 fully saturated rings. The fourth-order valence-electron chi connectivity index (χ4n) is 4.80. The number of piperazine rings is 1. The fraction of sp³-hybridized carbons (Fsp3) is 0.259. The lowest BCUT2D eigenvalue weighted by Crippen LogP contribution is -2.55. The number of rotatable bonds is 3. The average molecular weight is 476 g/mol. The Labute approximate surface area is 202 Å². The van der Waals surface area contributed by atoms with E-state index in [2.05, 4.69) is 40.7 Å². The van der Waals surface area contributed by atoms with Crippen LogP contribution >= 0.6 is 0 Å². The predicted octanol–water partition coefficient (Wildman–Crippen LogP) is 4.65. The zero-order valence-electron chi connectivity index (χ0n) is 19.8. The molecule has 0 bridgehead atoms. The van der Waals surface area contributed by atoms with Crippen LogP contribution in [0.15, 0.2) is 59.5 Å². The van der Waals surface area contributed by atoms with E-state index in [0.717, 1.165) is 25.0 Å². The third kappa shape index (κ3) is 4.14. The van der Waals surface area contributed by atoms with Crippen LogP contribution in [-0.4, -0.2) is 47.1 Å². The molecule has 2 atom stereocenters. The van der Waals surface area contributed by atoms with Gasteiger partial charge in [0.2, 0.25) is 5.95 Å². The number of hydrogen-bond acceptors (Lipinski definition) is 5. The van der Waals surface area contributed by atoms with Crippen molar-refractivity contribution in [1.29, 1.82) is 0 Å². The van der Waals surface area contributed by atoms with Crippen LogP contribution in [0.1, 0.15) is 13.8 Å². The van der Waals surface area contributed by atoms with Crippen LogP contribution in [0.4, 0.5) is 20.3 Å². The highest BCUT2D eigenvalue weighted by molar-refractivity contribution is 5.89. The lowest BCUT2D eigenvalue weighted by Gasteiger charge is -2.43. The molecule has 2 aromatic carbocycles. The summed E-state index contributed by atoms with van der Waals surface area (Å²) in [7, 11) is 2.15. The lowest BCUT2D eigenvalue weighted by atomic mass is 9.98. The monoisotopic (exact) mass is 475 g/mol. The van der Waals surface area contributed by atoms with Crippen molar-refractivity contribution >= 4 is 22.3 Å². The first kappa shape index (κ1) is 23.0. The summed E-state index contributed by atoms with van der Waals surface area (Å²) in [5, 5.41) is 0.391. The first-order valence-electron chi connectivity index (χ1n) is 11.6. The van der Waals surface area contributed by atoms with Gasteiger partial charge in [-0.25, -0.2) is 9.37 Å². The van der Waals surface area contributed by atoms with Gasteiger partial charge in [-0.15, -0.1) is 0 Å². The Kier molecular flexibility index (Phi) is 5.76. The molecule has 2 aromatic heterocycles. The molecule has 180 valence electrons. The molecule has 0 unspecified atom stereocenters. The molecular weight excluding hydrogens is 448 g/mol. The number of H-pyrrole nitrogens is 1. The van der Waals surface area contributed by atoms with E-state index in [4.69, 9.17) is 5.73 Å². The standard InChI is InChI=1S/C27H27F2N5O/c1-15-13-34(14-16(2)33(15)3)19-7-4-17(5-8-19)21-11-22(26(30)32-25(21)29)18-6-9-20-23(10-18)24(28)12-31-27(20)35/h4-12,15-16H,13-14H2,1-3H3,(H2,30,32)(H,31,35)/t15-,16+. The number of aromatic nitrogens is 2. The normalized spacial score (nSPS) is 18.8. The van der Waals surface area contributed by atoms with Gasteiger partial charge < -0.3 is 15.6 Å². The van der Waals surface area contributed by atoms with Crippen LogP contribution in [-0.2, 0) is 0 Å². The highest BCUT2D eigenvalue weighted by Gasteiger charge is 2.26.